The Kier molecular flexibility index (Phi) is 4.74. The number of halogens is 5. The molecule has 1 unspecified atom stereocenters. The predicted molar refractivity (Wildman–Crippen MR) is 78.8 cm³/mol. The zero-order chi connectivity index (χ0) is 14.0. The first-order valence-electron chi connectivity index (χ1n) is 5.39. The minimum atomic E-state index is -4.35. The molecule has 0 saturated heterocycles. The van der Waals surface area contributed by atoms with Crippen molar-refractivity contribution in [2.45, 2.75) is 17.4 Å². The Morgan fingerprint density at radius 2 is 1.95 bits per heavy atom. The molecule has 1 aromatic heterocycles. The van der Waals surface area contributed by atoms with Gasteiger partial charge in [0.1, 0.15) is 0 Å². The highest BCUT2D eigenvalue weighted by atomic mass is 79.9. The summed E-state index contributed by atoms with van der Waals surface area (Å²) < 4.78 is 39.5. The molecule has 0 aliphatic rings. The lowest BCUT2D eigenvalue weighted by molar-refractivity contribution is -0.138. The van der Waals surface area contributed by atoms with Crippen LogP contribution in [0, 0.1) is 0 Å². The summed E-state index contributed by atoms with van der Waals surface area (Å²) in [7, 11) is 0. The smallest absolute Gasteiger partial charge is 0.166 e. The number of thiophene rings is 1. The van der Waals surface area contributed by atoms with E-state index in [2.05, 4.69) is 31.9 Å². The van der Waals surface area contributed by atoms with Crippen LogP contribution >= 0.6 is 43.2 Å². The van der Waals surface area contributed by atoms with Crippen molar-refractivity contribution in [1.82, 2.24) is 0 Å². The summed E-state index contributed by atoms with van der Waals surface area (Å²) >= 11 is 7.99. The summed E-state index contributed by atoms with van der Waals surface area (Å²) in [6.07, 6.45) is -3.81. The van der Waals surface area contributed by atoms with Crippen LogP contribution in [-0.2, 0) is 12.6 Å². The van der Waals surface area contributed by atoms with Gasteiger partial charge in [0, 0.05) is 9.30 Å². The molecular formula is C13H9Br2F3S. The minimum absolute atomic E-state index is 0.266. The van der Waals surface area contributed by atoms with E-state index in [-0.39, 0.29) is 10.4 Å². The van der Waals surface area contributed by atoms with Crippen molar-refractivity contribution in [3.63, 3.8) is 0 Å². The Hall–Kier alpha value is -0.330. The van der Waals surface area contributed by atoms with Crippen molar-refractivity contribution < 1.29 is 13.2 Å². The summed E-state index contributed by atoms with van der Waals surface area (Å²) in [5.74, 6) is 0. The molecule has 2 aromatic rings. The van der Waals surface area contributed by atoms with Crippen LogP contribution in [-0.4, -0.2) is 0 Å². The van der Waals surface area contributed by atoms with Gasteiger partial charge in [-0.05, 0) is 46.5 Å². The van der Waals surface area contributed by atoms with E-state index < -0.39 is 11.7 Å². The molecule has 1 heterocycles. The second-order valence-corrected chi connectivity index (χ2v) is 6.83. The van der Waals surface area contributed by atoms with Gasteiger partial charge in [0.2, 0.25) is 0 Å². The first-order valence-corrected chi connectivity index (χ1v) is 8.05. The highest BCUT2D eigenvalue weighted by Crippen LogP contribution is 2.40. The van der Waals surface area contributed by atoms with E-state index in [9.17, 15) is 13.2 Å². The molecule has 0 radical (unpaired) electrons. The average Bonchev–Trinajstić information content (AvgIpc) is 2.80. The largest absolute Gasteiger partial charge is 0.416 e. The monoisotopic (exact) mass is 412 g/mol. The van der Waals surface area contributed by atoms with Crippen molar-refractivity contribution in [3.8, 4) is 0 Å². The first kappa shape index (κ1) is 15.1. The third kappa shape index (κ3) is 3.83. The van der Waals surface area contributed by atoms with Crippen LogP contribution in [0.1, 0.15) is 21.5 Å². The van der Waals surface area contributed by atoms with Gasteiger partial charge in [-0.3, -0.25) is 0 Å². The van der Waals surface area contributed by atoms with E-state index in [1.165, 1.54) is 17.4 Å². The molecule has 102 valence electrons. The average molecular weight is 414 g/mol. The van der Waals surface area contributed by atoms with Crippen LogP contribution in [0.25, 0.3) is 0 Å². The number of rotatable bonds is 3. The van der Waals surface area contributed by atoms with E-state index >= 15 is 0 Å². The zero-order valence-corrected chi connectivity index (χ0v) is 13.5. The van der Waals surface area contributed by atoms with Gasteiger partial charge in [-0.2, -0.15) is 24.5 Å². The van der Waals surface area contributed by atoms with Gasteiger partial charge in [-0.15, -0.1) is 0 Å². The van der Waals surface area contributed by atoms with Crippen LogP contribution in [0.2, 0.25) is 0 Å². The van der Waals surface area contributed by atoms with Gasteiger partial charge in [0.05, 0.1) is 5.56 Å². The zero-order valence-electron chi connectivity index (χ0n) is 9.55. The van der Waals surface area contributed by atoms with Gasteiger partial charge in [-0.25, -0.2) is 0 Å². The van der Waals surface area contributed by atoms with Crippen molar-refractivity contribution in [2.24, 2.45) is 0 Å². The van der Waals surface area contributed by atoms with Gasteiger partial charge in [-0.1, -0.05) is 37.9 Å². The Labute approximate surface area is 129 Å². The Bertz CT molecular complexity index is 550. The number of alkyl halides is 4. The SMILES string of the molecule is FC(F)(F)c1cc(Br)ccc1C(Br)Cc1ccsc1. The third-order valence-corrected chi connectivity index (χ3v) is 4.70. The second-order valence-electron chi connectivity index (χ2n) is 4.03. The molecule has 0 fully saturated rings. The van der Waals surface area contributed by atoms with Crippen molar-refractivity contribution in [1.29, 1.82) is 0 Å². The number of benzene rings is 1. The highest BCUT2D eigenvalue weighted by molar-refractivity contribution is 9.10. The van der Waals surface area contributed by atoms with Crippen molar-refractivity contribution >= 4 is 43.2 Å². The van der Waals surface area contributed by atoms with Crippen LogP contribution < -0.4 is 0 Å². The molecule has 1 atom stereocenters. The Balaban J connectivity index is 2.33. The standard InChI is InChI=1S/C13H9Br2F3S/c14-9-1-2-10(11(6-9)13(16,17)18)12(15)5-8-3-4-19-7-8/h1-4,6-7,12H,5H2. The van der Waals surface area contributed by atoms with Gasteiger partial charge in [0.25, 0.3) is 0 Å². The molecular weight excluding hydrogens is 405 g/mol. The fraction of sp³-hybridized carbons (Fsp3) is 0.231. The van der Waals surface area contributed by atoms with E-state index in [0.717, 1.165) is 11.6 Å². The van der Waals surface area contributed by atoms with Crippen molar-refractivity contribution in [3.05, 3.63) is 56.2 Å². The maximum atomic E-state index is 13.0. The molecule has 0 saturated carbocycles. The summed E-state index contributed by atoms with van der Waals surface area (Å²) in [5, 5.41) is 3.86. The molecule has 19 heavy (non-hydrogen) atoms. The van der Waals surface area contributed by atoms with Crippen LogP contribution in [0.5, 0.6) is 0 Å². The molecule has 0 amide bonds. The second kappa shape index (κ2) is 5.97. The lowest BCUT2D eigenvalue weighted by atomic mass is 10.0. The lowest BCUT2D eigenvalue weighted by Crippen LogP contribution is -2.11. The van der Waals surface area contributed by atoms with Crippen LogP contribution in [0.15, 0.2) is 39.5 Å². The third-order valence-electron chi connectivity index (χ3n) is 2.65. The fourth-order valence-corrected chi connectivity index (χ4v) is 3.59. The topological polar surface area (TPSA) is 0 Å². The maximum Gasteiger partial charge on any atom is 0.416 e. The molecule has 0 spiro atoms. The molecule has 0 aliphatic heterocycles. The molecule has 0 N–H and O–H groups in total. The number of hydrogen-bond acceptors (Lipinski definition) is 1. The van der Waals surface area contributed by atoms with Crippen molar-refractivity contribution in [2.75, 3.05) is 0 Å². The molecule has 0 nitrogen and oxygen atoms in total. The molecule has 2 rings (SSSR count). The Morgan fingerprint density at radius 1 is 1.21 bits per heavy atom. The molecule has 0 aliphatic carbocycles. The minimum Gasteiger partial charge on any atom is -0.166 e. The van der Waals surface area contributed by atoms with Gasteiger partial charge < -0.3 is 0 Å². The normalized spacial score (nSPS) is 13.5. The van der Waals surface area contributed by atoms with E-state index in [1.54, 1.807) is 6.07 Å². The quantitative estimate of drug-likeness (QED) is 0.525. The summed E-state index contributed by atoms with van der Waals surface area (Å²) in [6, 6.07) is 6.19. The van der Waals surface area contributed by atoms with E-state index in [4.69, 9.17) is 0 Å². The lowest BCUT2D eigenvalue weighted by Gasteiger charge is -2.17. The van der Waals surface area contributed by atoms with Gasteiger partial charge in [0.15, 0.2) is 0 Å². The molecule has 0 bridgehead atoms. The summed E-state index contributed by atoms with van der Waals surface area (Å²) in [6.45, 7) is 0. The fourth-order valence-electron chi connectivity index (χ4n) is 1.77. The van der Waals surface area contributed by atoms with Crippen LogP contribution in [0.3, 0.4) is 0 Å². The van der Waals surface area contributed by atoms with E-state index in [1.807, 2.05) is 16.8 Å². The first-order chi connectivity index (χ1) is 8.88. The molecule has 6 heteroatoms. The maximum absolute atomic E-state index is 13.0. The summed E-state index contributed by atoms with van der Waals surface area (Å²) in [5.41, 5.74) is 0.698. The highest BCUT2D eigenvalue weighted by Gasteiger charge is 2.35. The molecule has 1 aromatic carbocycles. The predicted octanol–water partition coefficient (Wildman–Crippen LogP) is 6.21. The number of hydrogen-bond donors (Lipinski definition) is 0. The van der Waals surface area contributed by atoms with E-state index in [0.29, 0.717) is 10.9 Å². The van der Waals surface area contributed by atoms with Crippen LogP contribution in [0.4, 0.5) is 13.2 Å². The van der Waals surface area contributed by atoms with Gasteiger partial charge >= 0.3 is 6.18 Å². The summed E-state index contributed by atoms with van der Waals surface area (Å²) in [4.78, 5) is -0.355. The Morgan fingerprint density at radius 3 is 2.53 bits per heavy atom.